The maximum Gasteiger partial charge on any atom is 0.232 e. The van der Waals surface area contributed by atoms with Crippen LogP contribution in [0, 0.1) is 6.92 Å². The van der Waals surface area contributed by atoms with Gasteiger partial charge in [0.2, 0.25) is 11.8 Å². The van der Waals surface area contributed by atoms with E-state index in [0.717, 1.165) is 22.4 Å². The van der Waals surface area contributed by atoms with Gasteiger partial charge >= 0.3 is 0 Å². The Morgan fingerprint density at radius 2 is 1.90 bits per heavy atom. The molecular formula is C22H18ClN3O2S. The van der Waals surface area contributed by atoms with E-state index in [4.69, 9.17) is 16.0 Å². The minimum atomic E-state index is -0.173. The Labute approximate surface area is 177 Å². The lowest BCUT2D eigenvalue weighted by atomic mass is 10.1. The number of benzene rings is 2. The van der Waals surface area contributed by atoms with Crippen molar-refractivity contribution in [1.29, 1.82) is 0 Å². The molecule has 5 nitrogen and oxygen atoms in total. The van der Waals surface area contributed by atoms with E-state index in [2.05, 4.69) is 15.3 Å². The Morgan fingerprint density at radius 1 is 1.14 bits per heavy atom. The van der Waals surface area contributed by atoms with Gasteiger partial charge < -0.3 is 9.73 Å². The zero-order valence-electron chi connectivity index (χ0n) is 15.7. The summed E-state index contributed by atoms with van der Waals surface area (Å²) >= 11 is 7.38. The number of carbonyl (C=O) groups excluding carboxylic acids is 1. The van der Waals surface area contributed by atoms with Crippen LogP contribution in [-0.4, -0.2) is 15.9 Å². The molecule has 7 heteroatoms. The number of hydrogen-bond donors (Lipinski definition) is 1. The van der Waals surface area contributed by atoms with Gasteiger partial charge in [-0.05, 0) is 36.8 Å². The third kappa shape index (κ3) is 4.91. The maximum absolute atomic E-state index is 12.4. The molecule has 0 aliphatic heterocycles. The fourth-order valence-electron chi connectivity index (χ4n) is 2.86. The van der Waals surface area contributed by atoms with E-state index < -0.39 is 0 Å². The SMILES string of the molecule is Cc1oc(-c2ccccc2)nc1CC(=O)Nc1ncc(Cc2ccc(Cl)cc2)s1. The molecule has 0 aliphatic carbocycles. The fourth-order valence-corrected chi connectivity index (χ4v) is 3.85. The van der Waals surface area contributed by atoms with E-state index in [0.29, 0.717) is 27.5 Å². The summed E-state index contributed by atoms with van der Waals surface area (Å²) < 4.78 is 5.72. The van der Waals surface area contributed by atoms with Gasteiger partial charge in [0, 0.05) is 28.1 Å². The molecule has 1 amide bonds. The molecule has 0 unspecified atom stereocenters. The third-order valence-electron chi connectivity index (χ3n) is 4.33. The first-order valence-electron chi connectivity index (χ1n) is 9.07. The van der Waals surface area contributed by atoms with Gasteiger partial charge in [0.05, 0.1) is 12.1 Å². The average molecular weight is 424 g/mol. The number of nitrogens with one attached hydrogen (secondary N) is 1. The summed E-state index contributed by atoms with van der Waals surface area (Å²) in [6.07, 6.45) is 2.66. The number of oxazole rings is 1. The number of thiazole rings is 1. The number of halogens is 1. The zero-order chi connectivity index (χ0) is 20.2. The van der Waals surface area contributed by atoms with E-state index >= 15 is 0 Å². The Morgan fingerprint density at radius 3 is 2.66 bits per heavy atom. The number of aromatic nitrogens is 2. The van der Waals surface area contributed by atoms with Crippen LogP contribution in [0.3, 0.4) is 0 Å². The molecule has 0 aliphatic rings. The number of rotatable bonds is 6. The highest BCUT2D eigenvalue weighted by molar-refractivity contribution is 7.15. The minimum absolute atomic E-state index is 0.133. The molecule has 2 heterocycles. The topological polar surface area (TPSA) is 68.0 Å². The van der Waals surface area contributed by atoms with Gasteiger partial charge in [-0.15, -0.1) is 11.3 Å². The van der Waals surface area contributed by atoms with Gasteiger partial charge in [0.25, 0.3) is 0 Å². The van der Waals surface area contributed by atoms with E-state index in [1.807, 2.05) is 61.5 Å². The monoisotopic (exact) mass is 423 g/mol. The summed E-state index contributed by atoms with van der Waals surface area (Å²) in [5, 5.41) is 4.13. The first kappa shape index (κ1) is 19.4. The first-order valence-corrected chi connectivity index (χ1v) is 10.3. The lowest BCUT2D eigenvalue weighted by molar-refractivity contribution is -0.115. The standard InChI is InChI=1S/C22H18ClN3O2S/c1-14-19(25-21(28-14)16-5-3-2-4-6-16)12-20(27)26-22-24-13-18(29-22)11-15-7-9-17(23)10-8-15/h2-10,13H,11-12H2,1H3,(H,24,26,27). The summed E-state index contributed by atoms with van der Waals surface area (Å²) in [6, 6.07) is 17.3. The van der Waals surface area contributed by atoms with Crippen LogP contribution in [0.4, 0.5) is 5.13 Å². The second-order valence-electron chi connectivity index (χ2n) is 6.55. The van der Waals surface area contributed by atoms with E-state index in [-0.39, 0.29) is 12.3 Å². The second-order valence-corrected chi connectivity index (χ2v) is 8.10. The van der Waals surface area contributed by atoms with Gasteiger partial charge in [0.1, 0.15) is 5.76 Å². The number of amides is 1. The Hall–Kier alpha value is -2.96. The molecule has 0 bridgehead atoms. The third-order valence-corrected chi connectivity index (χ3v) is 5.50. The van der Waals surface area contributed by atoms with Crippen molar-refractivity contribution in [2.45, 2.75) is 19.8 Å². The molecule has 146 valence electrons. The van der Waals surface area contributed by atoms with Gasteiger partial charge in [-0.3, -0.25) is 4.79 Å². The molecule has 0 atom stereocenters. The van der Waals surface area contributed by atoms with E-state index in [1.165, 1.54) is 11.3 Å². The number of nitrogens with zero attached hydrogens (tertiary/aromatic N) is 2. The van der Waals surface area contributed by atoms with Gasteiger partial charge in [-0.25, -0.2) is 9.97 Å². The highest BCUT2D eigenvalue weighted by atomic mass is 35.5. The van der Waals surface area contributed by atoms with Crippen LogP contribution in [-0.2, 0) is 17.6 Å². The summed E-state index contributed by atoms with van der Waals surface area (Å²) in [6.45, 7) is 1.82. The molecular weight excluding hydrogens is 406 g/mol. The highest BCUT2D eigenvalue weighted by Crippen LogP contribution is 2.24. The van der Waals surface area contributed by atoms with Crippen molar-refractivity contribution in [1.82, 2.24) is 9.97 Å². The first-order chi connectivity index (χ1) is 14.1. The van der Waals surface area contributed by atoms with Crippen LogP contribution in [0.25, 0.3) is 11.5 Å². The summed E-state index contributed by atoms with van der Waals surface area (Å²) in [7, 11) is 0. The number of carbonyl (C=O) groups is 1. The van der Waals surface area contributed by atoms with Crippen molar-refractivity contribution in [2.24, 2.45) is 0 Å². The maximum atomic E-state index is 12.4. The Balaban J connectivity index is 1.38. The Bertz CT molecular complexity index is 1120. The van der Waals surface area contributed by atoms with Crippen molar-refractivity contribution in [3.8, 4) is 11.5 Å². The van der Waals surface area contributed by atoms with E-state index in [9.17, 15) is 4.79 Å². The van der Waals surface area contributed by atoms with Gasteiger partial charge in [-0.2, -0.15) is 0 Å². The number of aryl methyl sites for hydroxylation is 1. The molecule has 2 aromatic carbocycles. The molecule has 0 saturated heterocycles. The van der Waals surface area contributed by atoms with Crippen molar-refractivity contribution >= 4 is 34.0 Å². The molecule has 1 N–H and O–H groups in total. The largest absolute Gasteiger partial charge is 0.441 e. The zero-order valence-corrected chi connectivity index (χ0v) is 17.3. The smallest absolute Gasteiger partial charge is 0.232 e. The molecule has 29 heavy (non-hydrogen) atoms. The molecule has 4 aromatic rings. The quantitative estimate of drug-likeness (QED) is 0.442. The number of anilines is 1. The van der Waals surface area contributed by atoms with Crippen molar-refractivity contribution < 1.29 is 9.21 Å². The predicted molar refractivity (Wildman–Crippen MR) is 115 cm³/mol. The highest BCUT2D eigenvalue weighted by Gasteiger charge is 2.15. The molecule has 0 saturated carbocycles. The van der Waals surface area contributed by atoms with E-state index in [1.54, 1.807) is 6.20 Å². The molecule has 4 rings (SSSR count). The van der Waals surface area contributed by atoms with Crippen molar-refractivity contribution in [3.05, 3.63) is 87.7 Å². The van der Waals surface area contributed by atoms with Crippen LogP contribution in [0.2, 0.25) is 5.02 Å². The van der Waals surface area contributed by atoms with Crippen molar-refractivity contribution in [2.75, 3.05) is 5.32 Å². The molecule has 0 radical (unpaired) electrons. The van der Waals surface area contributed by atoms with Crippen LogP contribution in [0.1, 0.15) is 21.9 Å². The van der Waals surface area contributed by atoms with Crippen LogP contribution in [0.15, 0.2) is 65.2 Å². The fraction of sp³-hybridized carbons (Fsp3) is 0.136. The molecule has 0 spiro atoms. The van der Waals surface area contributed by atoms with Gasteiger partial charge in [0.15, 0.2) is 5.13 Å². The summed E-state index contributed by atoms with van der Waals surface area (Å²) in [5.41, 5.74) is 2.65. The lowest BCUT2D eigenvalue weighted by Crippen LogP contribution is -2.14. The average Bonchev–Trinajstić information content (AvgIpc) is 3.31. The summed E-state index contributed by atoms with van der Waals surface area (Å²) in [4.78, 5) is 22.3. The van der Waals surface area contributed by atoms with Crippen LogP contribution in [0.5, 0.6) is 0 Å². The second kappa shape index (κ2) is 8.59. The lowest BCUT2D eigenvalue weighted by Gasteiger charge is -2.00. The molecule has 2 aromatic heterocycles. The predicted octanol–water partition coefficient (Wildman–Crippen LogP) is 5.53. The van der Waals surface area contributed by atoms with Crippen molar-refractivity contribution in [3.63, 3.8) is 0 Å². The normalized spacial score (nSPS) is 10.8. The number of hydrogen-bond acceptors (Lipinski definition) is 5. The summed E-state index contributed by atoms with van der Waals surface area (Å²) in [5.74, 6) is 0.986. The molecule has 0 fully saturated rings. The minimum Gasteiger partial charge on any atom is -0.441 e. The van der Waals surface area contributed by atoms with Crippen LogP contribution >= 0.6 is 22.9 Å². The van der Waals surface area contributed by atoms with Gasteiger partial charge in [-0.1, -0.05) is 41.9 Å². The Kier molecular flexibility index (Phi) is 5.74. The van der Waals surface area contributed by atoms with Crippen LogP contribution < -0.4 is 5.32 Å².